The van der Waals surface area contributed by atoms with E-state index in [1.807, 2.05) is 4.90 Å². The summed E-state index contributed by atoms with van der Waals surface area (Å²) in [4.78, 5) is 31.0. The highest BCUT2D eigenvalue weighted by molar-refractivity contribution is 5.81. The summed E-state index contributed by atoms with van der Waals surface area (Å²) in [6, 6.07) is 6.85. The Morgan fingerprint density at radius 2 is 1.59 bits per heavy atom. The monoisotopic (exact) mass is 402 g/mol. The number of hydrogen-bond donors (Lipinski definition) is 1. The minimum Gasteiger partial charge on any atom is -0.368 e. The zero-order valence-electron chi connectivity index (χ0n) is 17.0. The lowest BCUT2D eigenvalue weighted by atomic mass is 10.0. The van der Waals surface area contributed by atoms with E-state index in [4.69, 9.17) is 0 Å². The van der Waals surface area contributed by atoms with Gasteiger partial charge in [0.05, 0.1) is 0 Å². The van der Waals surface area contributed by atoms with Crippen LogP contribution in [0.4, 0.5) is 10.1 Å². The van der Waals surface area contributed by atoms with Crippen molar-refractivity contribution in [2.24, 2.45) is 5.92 Å². The van der Waals surface area contributed by atoms with Crippen LogP contribution in [0, 0.1) is 11.7 Å². The number of anilines is 1. The highest BCUT2D eigenvalue weighted by Gasteiger charge is 2.32. The van der Waals surface area contributed by atoms with Crippen LogP contribution in [0.5, 0.6) is 0 Å². The van der Waals surface area contributed by atoms with Crippen molar-refractivity contribution in [1.82, 2.24) is 15.1 Å². The summed E-state index contributed by atoms with van der Waals surface area (Å²) in [6.45, 7) is 5.67. The number of nitrogens with one attached hydrogen (secondary N) is 1. The standard InChI is InChI=1S/C22H31FN4O2/c23-18-3-5-20(6-4-18)26-13-15-27(16-14-26)21(28)9-12-25-10-7-19(8-11-25)24-22(29)17-1-2-17/h3-6,17,19H,1-2,7-16H2,(H,24,29). The molecule has 1 aliphatic carbocycles. The number of piperazine rings is 1. The number of rotatable bonds is 6. The summed E-state index contributed by atoms with van der Waals surface area (Å²) in [5, 5.41) is 3.17. The fourth-order valence-electron chi connectivity index (χ4n) is 4.24. The average Bonchev–Trinajstić information content (AvgIpc) is 3.59. The molecule has 1 aromatic carbocycles. The van der Waals surface area contributed by atoms with E-state index in [1.54, 1.807) is 12.1 Å². The topological polar surface area (TPSA) is 55.9 Å². The Bertz CT molecular complexity index is 706. The Labute approximate surface area is 172 Å². The first-order valence-electron chi connectivity index (χ1n) is 10.9. The van der Waals surface area contributed by atoms with E-state index in [9.17, 15) is 14.0 Å². The van der Waals surface area contributed by atoms with Gasteiger partial charge in [0.25, 0.3) is 0 Å². The van der Waals surface area contributed by atoms with Gasteiger partial charge < -0.3 is 20.0 Å². The van der Waals surface area contributed by atoms with Gasteiger partial charge >= 0.3 is 0 Å². The molecule has 2 aliphatic heterocycles. The molecule has 3 fully saturated rings. The third kappa shape index (κ3) is 5.47. The van der Waals surface area contributed by atoms with Crippen molar-refractivity contribution in [3.63, 3.8) is 0 Å². The van der Waals surface area contributed by atoms with Crippen molar-refractivity contribution in [1.29, 1.82) is 0 Å². The molecule has 4 rings (SSSR count). The fraction of sp³-hybridized carbons (Fsp3) is 0.636. The number of halogens is 1. The van der Waals surface area contributed by atoms with Gasteiger partial charge in [0.2, 0.25) is 11.8 Å². The Kier molecular flexibility index (Phi) is 6.33. The van der Waals surface area contributed by atoms with E-state index in [1.165, 1.54) is 12.1 Å². The van der Waals surface area contributed by atoms with Gasteiger partial charge in [0, 0.05) is 69.9 Å². The molecular weight excluding hydrogens is 371 g/mol. The molecule has 158 valence electrons. The predicted molar refractivity (Wildman–Crippen MR) is 110 cm³/mol. The largest absolute Gasteiger partial charge is 0.368 e. The van der Waals surface area contributed by atoms with Gasteiger partial charge in [0.1, 0.15) is 5.82 Å². The Hall–Kier alpha value is -2.15. The molecule has 0 spiro atoms. The maximum atomic E-state index is 13.1. The van der Waals surface area contributed by atoms with Crippen molar-refractivity contribution in [2.45, 2.75) is 38.1 Å². The average molecular weight is 403 g/mol. The number of carbonyl (C=O) groups excluding carboxylic acids is 2. The Balaban J connectivity index is 1.13. The maximum Gasteiger partial charge on any atom is 0.223 e. The van der Waals surface area contributed by atoms with Gasteiger partial charge in [-0.2, -0.15) is 0 Å². The molecule has 0 atom stereocenters. The third-order valence-electron chi connectivity index (χ3n) is 6.35. The van der Waals surface area contributed by atoms with Crippen molar-refractivity contribution in [3.8, 4) is 0 Å². The first kappa shape index (κ1) is 20.1. The van der Waals surface area contributed by atoms with Gasteiger partial charge in [0.15, 0.2) is 0 Å². The second-order valence-electron chi connectivity index (χ2n) is 8.49. The number of hydrogen-bond acceptors (Lipinski definition) is 4. The van der Waals surface area contributed by atoms with Crippen LogP contribution < -0.4 is 10.2 Å². The highest BCUT2D eigenvalue weighted by atomic mass is 19.1. The number of carbonyl (C=O) groups is 2. The fourth-order valence-corrected chi connectivity index (χ4v) is 4.24. The molecule has 2 amide bonds. The molecular formula is C22H31FN4O2. The van der Waals surface area contributed by atoms with Crippen molar-refractivity contribution >= 4 is 17.5 Å². The van der Waals surface area contributed by atoms with Crippen molar-refractivity contribution in [3.05, 3.63) is 30.1 Å². The summed E-state index contributed by atoms with van der Waals surface area (Å²) in [5.74, 6) is 0.498. The molecule has 1 saturated carbocycles. The minimum atomic E-state index is -0.225. The second kappa shape index (κ2) is 9.11. The first-order valence-corrected chi connectivity index (χ1v) is 10.9. The van der Waals surface area contributed by atoms with Crippen LogP contribution >= 0.6 is 0 Å². The Morgan fingerprint density at radius 3 is 2.21 bits per heavy atom. The quantitative estimate of drug-likeness (QED) is 0.789. The van der Waals surface area contributed by atoms with Crippen LogP contribution in [-0.4, -0.2) is 73.5 Å². The van der Waals surface area contributed by atoms with Crippen LogP contribution in [0.2, 0.25) is 0 Å². The molecule has 0 aromatic heterocycles. The molecule has 29 heavy (non-hydrogen) atoms. The van der Waals surface area contributed by atoms with Crippen LogP contribution in [0.15, 0.2) is 24.3 Å². The zero-order chi connectivity index (χ0) is 20.2. The van der Waals surface area contributed by atoms with Crippen LogP contribution in [0.25, 0.3) is 0 Å². The highest BCUT2D eigenvalue weighted by Crippen LogP contribution is 2.29. The first-order chi connectivity index (χ1) is 14.1. The van der Waals surface area contributed by atoms with Gasteiger partial charge in [-0.05, 0) is 49.9 Å². The lowest BCUT2D eigenvalue weighted by molar-refractivity contribution is -0.131. The number of benzene rings is 1. The SMILES string of the molecule is O=C(NC1CCN(CCC(=O)N2CCN(c3ccc(F)cc3)CC2)CC1)C1CC1. The van der Waals surface area contributed by atoms with E-state index in [0.29, 0.717) is 25.6 Å². The van der Waals surface area contributed by atoms with E-state index in [-0.39, 0.29) is 23.5 Å². The van der Waals surface area contributed by atoms with Gasteiger partial charge in [-0.15, -0.1) is 0 Å². The summed E-state index contributed by atoms with van der Waals surface area (Å²) < 4.78 is 13.1. The van der Waals surface area contributed by atoms with Crippen LogP contribution in [0.3, 0.4) is 0 Å². The lowest BCUT2D eigenvalue weighted by Crippen LogP contribution is -2.50. The van der Waals surface area contributed by atoms with E-state index in [2.05, 4.69) is 15.1 Å². The minimum absolute atomic E-state index is 0.216. The lowest BCUT2D eigenvalue weighted by Gasteiger charge is -2.37. The smallest absolute Gasteiger partial charge is 0.223 e. The molecule has 0 radical (unpaired) electrons. The molecule has 0 bridgehead atoms. The molecule has 7 heteroatoms. The predicted octanol–water partition coefficient (Wildman–Crippen LogP) is 1.85. The molecule has 3 aliphatic rings. The van der Waals surface area contributed by atoms with E-state index >= 15 is 0 Å². The van der Waals surface area contributed by atoms with Crippen LogP contribution in [0.1, 0.15) is 32.1 Å². The van der Waals surface area contributed by atoms with E-state index < -0.39 is 0 Å². The van der Waals surface area contributed by atoms with Crippen LogP contribution in [-0.2, 0) is 9.59 Å². The summed E-state index contributed by atoms with van der Waals surface area (Å²) in [6.07, 6.45) is 4.59. The zero-order valence-corrected chi connectivity index (χ0v) is 17.0. The normalized spacial score (nSPS) is 21.3. The summed E-state index contributed by atoms with van der Waals surface area (Å²) in [7, 11) is 0. The maximum absolute atomic E-state index is 13.1. The third-order valence-corrected chi connectivity index (χ3v) is 6.35. The van der Waals surface area contributed by atoms with Crippen molar-refractivity contribution < 1.29 is 14.0 Å². The molecule has 2 heterocycles. The van der Waals surface area contributed by atoms with Crippen molar-refractivity contribution in [2.75, 3.05) is 50.7 Å². The number of nitrogens with zero attached hydrogens (tertiary/aromatic N) is 3. The van der Waals surface area contributed by atoms with Gasteiger partial charge in [-0.1, -0.05) is 0 Å². The molecule has 0 unspecified atom stereocenters. The summed E-state index contributed by atoms with van der Waals surface area (Å²) >= 11 is 0. The summed E-state index contributed by atoms with van der Waals surface area (Å²) in [5.41, 5.74) is 1.01. The number of piperidine rings is 1. The Morgan fingerprint density at radius 1 is 0.931 bits per heavy atom. The second-order valence-corrected chi connectivity index (χ2v) is 8.49. The molecule has 1 N–H and O–H groups in total. The van der Waals surface area contributed by atoms with Gasteiger partial charge in [-0.3, -0.25) is 9.59 Å². The van der Waals surface area contributed by atoms with Gasteiger partial charge in [-0.25, -0.2) is 4.39 Å². The molecule has 2 saturated heterocycles. The molecule has 1 aromatic rings. The molecule has 6 nitrogen and oxygen atoms in total. The number of likely N-dealkylation sites (tertiary alicyclic amines) is 1. The number of amides is 2. The van der Waals surface area contributed by atoms with E-state index in [0.717, 1.165) is 64.1 Å².